The van der Waals surface area contributed by atoms with Gasteiger partial charge in [0.25, 0.3) is 0 Å². The molecule has 1 aromatic rings. The molecule has 0 heterocycles. The highest BCUT2D eigenvalue weighted by molar-refractivity contribution is 5.63. The van der Waals surface area contributed by atoms with Crippen LogP contribution in [0.25, 0.3) is 0 Å². The largest absolute Gasteiger partial charge is 0.513 e. The molecule has 0 aliphatic carbocycles. The van der Waals surface area contributed by atoms with E-state index in [1.54, 1.807) is 18.2 Å². The van der Waals surface area contributed by atoms with Crippen LogP contribution in [0, 0.1) is 6.92 Å². The van der Waals surface area contributed by atoms with Gasteiger partial charge in [-0.2, -0.15) is 0 Å². The number of carbonyl (C=O) groups is 1. The summed E-state index contributed by atoms with van der Waals surface area (Å²) in [5, 5.41) is 0. The van der Waals surface area contributed by atoms with E-state index in [0.717, 1.165) is 5.56 Å². The zero-order valence-electron chi connectivity index (χ0n) is 8.73. The van der Waals surface area contributed by atoms with Crippen LogP contribution in [0.3, 0.4) is 0 Å². The Morgan fingerprint density at radius 2 is 2.07 bits per heavy atom. The Labute approximate surface area is 89.3 Å². The molecule has 0 fully saturated rings. The smallest absolute Gasteiger partial charge is 0.434 e. The Kier molecular flexibility index (Phi) is 4.41. The molecule has 0 unspecified atom stereocenters. The number of ether oxygens (including phenoxy) is 2. The Balaban J connectivity index is 2.37. The number of aryl methyl sites for hydroxylation is 1. The van der Waals surface area contributed by atoms with E-state index in [2.05, 4.69) is 6.58 Å². The first kappa shape index (κ1) is 11.3. The van der Waals surface area contributed by atoms with E-state index < -0.39 is 6.16 Å². The molecule has 1 aromatic carbocycles. The molecule has 15 heavy (non-hydrogen) atoms. The normalized spacial score (nSPS) is 9.40. The van der Waals surface area contributed by atoms with E-state index in [0.29, 0.717) is 18.8 Å². The van der Waals surface area contributed by atoms with Crippen molar-refractivity contribution in [1.29, 1.82) is 0 Å². The fourth-order valence-electron chi connectivity index (χ4n) is 0.958. The maximum absolute atomic E-state index is 11.1. The molecular formula is C12H14O3. The summed E-state index contributed by atoms with van der Waals surface area (Å²) in [5.41, 5.74) is 1.11. The van der Waals surface area contributed by atoms with Crippen LogP contribution >= 0.6 is 0 Å². The molecule has 1 rings (SSSR count). The van der Waals surface area contributed by atoms with Crippen LogP contribution in [0.5, 0.6) is 5.75 Å². The lowest BCUT2D eigenvalue weighted by atomic mass is 10.2. The van der Waals surface area contributed by atoms with Crippen molar-refractivity contribution in [3.63, 3.8) is 0 Å². The molecule has 80 valence electrons. The summed E-state index contributed by atoms with van der Waals surface area (Å²) in [4.78, 5) is 11.1. The van der Waals surface area contributed by atoms with E-state index in [9.17, 15) is 4.79 Å². The number of hydrogen-bond acceptors (Lipinski definition) is 3. The number of carbonyl (C=O) groups excluding carboxylic acids is 1. The third kappa shape index (κ3) is 4.31. The molecule has 0 radical (unpaired) electrons. The van der Waals surface area contributed by atoms with Crippen LogP contribution in [0.15, 0.2) is 36.9 Å². The predicted molar refractivity (Wildman–Crippen MR) is 58.0 cm³/mol. The summed E-state index contributed by atoms with van der Waals surface area (Å²) in [5.74, 6) is 0.490. The highest BCUT2D eigenvalue weighted by atomic mass is 16.7. The lowest BCUT2D eigenvalue weighted by Gasteiger charge is -2.04. The van der Waals surface area contributed by atoms with Crippen molar-refractivity contribution in [3.05, 3.63) is 42.5 Å². The van der Waals surface area contributed by atoms with Gasteiger partial charge in [0, 0.05) is 0 Å². The van der Waals surface area contributed by atoms with Crippen molar-refractivity contribution in [2.75, 3.05) is 6.61 Å². The van der Waals surface area contributed by atoms with Gasteiger partial charge in [-0.15, -0.1) is 6.58 Å². The minimum absolute atomic E-state index is 0.300. The molecular weight excluding hydrogens is 192 g/mol. The summed E-state index contributed by atoms with van der Waals surface area (Å²) in [6.45, 7) is 5.78. The van der Waals surface area contributed by atoms with Gasteiger partial charge in [0.05, 0.1) is 6.61 Å². The highest BCUT2D eigenvalue weighted by Gasteiger charge is 2.04. The van der Waals surface area contributed by atoms with Crippen molar-refractivity contribution in [2.24, 2.45) is 0 Å². The number of benzene rings is 1. The SMILES string of the molecule is C=CCCOC(=O)Oc1ccc(C)cc1. The Morgan fingerprint density at radius 3 is 2.67 bits per heavy atom. The van der Waals surface area contributed by atoms with Gasteiger partial charge >= 0.3 is 6.16 Å². The lowest BCUT2D eigenvalue weighted by Crippen LogP contribution is -2.10. The molecule has 0 aliphatic rings. The van der Waals surface area contributed by atoms with Crippen LogP contribution < -0.4 is 4.74 Å². The van der Waals surface area contributed by atoms with Crippen LogP contribution in [0.4, 0.5) is 4.79 Å². The zero-order valence-corrected chi connectivity index (χ0v) is 8.73. The van der Waals surface area contributed by atoms with E-state index >= 15 is 0 Å². The maximum Gasteiger partial charge on any atom is 0.513 e. The first-order chi connectivity index (χ1) is 7.22. The van der Waals surface area contributed by atoms with Crippen molar-refractivity contribution in [3.8, 4) is 5.75 Å². The number of hydrogen-bond donors (Lipinski definition) is 0. The predicted octanol–water partition coefficient (Wildman–Crippen LogP) is 3.09. The molecule has 3 heteroatoms. The first-order valence-electron chi connectivity index (χ1n) is 4.74. The van der Waals surface area contributed by atoms with Gasteiger partial charge in [-0.1, -0.05) is 23.8 Å². The average molecular weight is 206 g/mol. The molecule has 0 aliphatic heterocycles. The summed E-state index contributed by atoms with van der Waals surface area (Å²) < 4.78 is 9.70. The van der Waals surface area contributed by atoms with Crippen LogP contribution in [-0.2, 0) is 4.74 Å². The Hall–Kier alpha value is -1.77. The lowest BCUT2D eigenvalue weighted by molar-refractivity contribution is 0.101. The summed E-state index contributed by atoms with van der Waals surface area (Å²) in [6.07, 6.45) is 1.63. The van der Waals surface area contributed by atoms with Gasteiger partial charge in [0.1, 0.15) is 5.75 Å². The van der Waals surface area contributed by atoms with E-state index in [-0.39, 0.29) is 0 Å². The van der Waals surface area contributed by atoms with Crippen molar-refractivity contribution in [1.82, 2.24) is 0 Å². The standard InChI is InChI=1S/C12H14O3/c1-3-4-9-14-12(13)15-11-7-5-10(2)6-8-11/h3,5-8H,1,4,9H2,2H3. The van der Waals surface area contributed by atoms with E-state index in [1.807, 2.05) is 19.1 Å². The average Bonchev–Trinajstić information content (AvgIpc) is 2.22. The van der Waals surface area contributed by atoms with Crippen molar-refractivity contribution >= 4 is 6.16 Å². The minimum Gasteiger partial charge on any atom is -0.434 e. The molecule has 0 spiro atoms. The third-order valence-electron chi connectivity index (χ3n) is 1.76. The fourth-order valence-corrected chi connectivity index (χ4v) is 0.958. The molecule has 0 atom stereocenters. The second-order valence-electron chi connectivity index (χ2n) is 3.09. The van der Waals surface area contributed by atoms with Crippen molar-refractivity contribution < 1.29 is 14.3 Å². The molecule has 3 nitrogen and oxygen atoms in total. The quantitative estimate of drug-likeness (QED) is 0.328. The van der Waals surface area contributed by atoms with Gasteiger partial charge in [-0.05, 0) is 25.5 Å². The van der Waals surface area contributed by atoms with Gasteiger partial charge in [0.15, 0.2) is 0 Å². The minimum atomic E-state index is -0.680. The van der Waals surface area contributed by atoms with Crippen LogP contribution in [0.1, 0.15) is 12.0 Å². The second-order valence-corrected chi connectivity index (χ2v) is 3.09. The first-order valence-corrected chi connectivity index (χ1v) is 4.74. The van der Waals surface area contributed by atoms with E-state index in [4.69, 9.17) is 9.47 Å². The van der Waals surface area contributed by atoms with Gasteiger partial charge in [0.2, 0.25) is 0 Å². The Bertz CT molecular complexity index is 327. The third-order valence-corrected chi connectivity index (χ3v) is 1.76. The second kappa shape index (κ2) is 5.86. The molecule has 0 bridgehead atoms. The molecule has 0 saturated carbocycles. The van der Waals surface area contributed by atoms with Gasteiger partial charge in [-0.25, -0.2) is 4.79 Å². The molecule has 0 aromatic heterocycles. The molecule has 0 N–H and O–H groups in total. The Morgan fingerprint density at radius 1 is 1.40 bits per heavy atom. The maximum atomic E-state index is 11.1. The van der Waals surface area contributed by atoms with Gasteiger partial charge < -0.3 is 9.47 Å². The molecule has 0 amide bonds. The topological polar surface area (TPSA) is 35.5 Å². The zero-order chi connectivity index (χ0) is 11.1. The highest BCUT2D eigenvalue weighted by Crippen LogP contribution is 2.11. The van der Waals surface area contributed by atoms with Gasteiger partial charge in [-0.3, -0.25) is 0 Å². The number of rotatable bonds is 4. The van der Waals surface area contributed by atoms with Crippen LogP contribution in [0.2, 0.25) is 0 Å². The fraction of sp³-hybridized carbons (Fsp3) is 0.250. The molecule has 0 saturated heterocycles. The summed E-state index contributed by atoms with van der Waals surface area (Å²) >= 11 is 0. The van der Waals surface area contributed by atoms with E-state index in [1.165, 1.54) is 0 Å². The van der Waals surface area contributed by atoms with Crippen LogP contribution in [-0.4, -0.2) is 12.8 Å². The van der Waals surface area contributed by atoms with Crippen molar-refractivity contribution in [2.45, 2.75) is 13.3 Å². The summed E-state index contributed by atoms with van der Waals surface area (Å²) in [6, 6.07) is 7.19. The summed E-state index contributed by atoms with van der Waals surface area (Å²) in [7, 11) is 0. The monoisotopic (exact) mass is 206 g/mol.